The summed E-state index contributed by atoms with van der Waals surface area (Å²) < 4.78 is 27.2. The van der Waals surface area contributed by atoms with E-state index in [4.69, 9.17) is 16.7 Å². The monoisotopic (exact) mass is 422 g/mol. The molecule has 0 atom stereocenters. The van der Waals surface area contributed by atoms with Crippen molar-refractivity contribution in [1.82, 2.24) is 9.71 Å². The van der Waals surface area contributed by atoms with Gasteiger partial charge in [-0.3, -0.25) is 9.78 Å². The highest BCUT2D eigenvalue weighted by molar-refractivity contribution is 7.89. The highest BCUT2D eigenvalue weighted by Gasteiger charge is 2.13. The van der Waals surface area contributed by atoms with Gasteiger partial charge in [0.25, 0.3) is 0 Å². The molecular formula is C20H23ClN2O4S. The molecule has 0 spiro atoms. The number of nitrogens with zero attached hydrogens (tertiary/aromatic N) is 1. The molecule has 0 saturated carbocycles. The van der Waals surface area contributed by atoms with Gasteiger partial charge < -0.3 is 5.11 Å². The Morgan fingerprint density at radius 3 is 2.54 bits per heavy atom. The number of unbranched alkanes of at least 4 members (excludes halogenated alkanes) is 1. The highest BCUT2D eigenvalue weighted by Crippen LogP contribution is 2.21. The van der Waals surface area contributed by atoms with Gasteiger partial charge in [0.15, 0.2) is 0 Å². The van der Waals surface area contributed by atoms with Gasteiger partial charge in [-0.25, -0.2) is 13.1 Å². The summed E-state index contributed by atoms with van der Waals surface area (Å²) in [6.07, 6.45) is 8.03. The van der Waals surface area contributed by atoms with Gasteiger partial charge in [-0.05, 0) is 67.2 Å². The zero-order valence-electron chi connectivity index (χ0n) is 15.3. The van der Waals surface area contributed by atoms with E-state index in [0.717, 1.165) is 11.1 Å². The number of allylic oxidation sites excluding steroid dienone is 2. The van der Waals surface area contributed by atoms with Crippen LogP contribution in [0, 0.1) is 0 Å². The lowest BCUT2D eigenvalue weighted by Gasteiger charge is -2.10. The van der Waals surface area contributed by atoms with Crippen LogP contribution in [0.25, 0.3) is 5.57 Å². The molecule has 1 heterocycles. The number of hydrogen-bond donors (Lipinski definition) is 2. The Labute approximate surface area is 170 Å². The number of sulfonamides is 1. The van der Waals surface area contributed by atoms with Gasteiger partial charge in [0, 0.05) is 30.4 Å². The van der Waals surface area contributed by atoms with E-state index in [1.165, 1.54) is 24.3 Å². The lowest BCUT2D eigenvalue weighted by Crippen LogP contribution is -2.24. The number of rotatable bonds is 11. The van der Waals surface area contributed by atoms with Crippen molar-refractivity contribution in [2.24, 2.45) is 0 Å². The Kier molecular flexibility index (Phi) is 8.63. The standard InChI is InChI=1S/C20H23ClN2O4S/c21-18-9-11-19(12-10-18)28(26,27)23-14-4-6-16(5-1-2-8-20(24)25)17-7-3-13-22-15-17/h3,5,7,9-13,15,23H,1-2,4,6,8,14H2,(H,24,25)/b16-5+. The number of hydrogen-bond acceptors (Lipinski definition) is 4. The SMILES string of the molecule is O=C(O)CCC/C=C(\CCCNS(=O)(=O)c1ccc(Cl)cc1)c1cccnc1. The van der Waals surface area contributed by atoms with Crippen LogP contribution < -0.4 is 4.72 Å². The van der Waals surface area contributed by atoms with Gasteiger partial charge >= 0.3 is 5.97 Å². The molecule has 0 unspecified atom stereocenters. The van der Waals surface area contributed by atoms with E-state index in [2.05, 4.69) is 9.71 Å². The van der Waals surface area contributed by atoms with Crippen LogP contribution in [0.5, 0.6) is 0 Å². The van der Waals surface area contributed by atoms with Crippen molar-refractivity contribution < 1.29 is 18.3 Å². The van der Waals surface area contributed by atoms with E-state index in [1.807, 2.05) is 18.2 Å². The molecule has 0 radical (unpaired) electrons. The molecule has 2 aromatic rings. The molecule has 0 fully saturated rings. The predicted octanol–water partition coefficient (Wildman–Crippen LogP) is 4.13. The summed E-state index contributed by atoms with van der Waals surface area (Å²) in [6, 6.07) is 9.78. The van der Waals surface area contributed by atoms with E-state index in [9.17, 15) is 13.2 Å². The smallest absolute Gasteiger partial charge is 0.303 e. The highest BCUT2D eigenvalue weighted by atomic mass is 35.5. The fourth-order valence-corrected chi connectivity index (χ4v) is 3.83. The summed E-state index contributed by atoms with van der Waals surface area (Å²) in [5, 5.41) is 9.23. The molecule has 0 saturated heterocycles. The van der Waals surface area contributed by atoms with Crippen LogP contribution >= 0.6 is 11.6 Å². The number of benzene rings is 1. The van der Waals surface area contributed by atoms with Crippen LogP contribution in [-0.2, 0) is 14.8 Å². The molecule has 0 aliphatic rings. The van der Waals surface area contributed by atoms with Crippen LogP contribution in [0.1, 0.15) is 37.7 Å². The van der Waals surface area contributed by atoms with E-state index in [-0.39, 0.29) is 17.9 Å². The molecule has 0 amide bonds. The molecule has 2 N–H and O–H groups in total. The first-order valence-corrected chi connectivity index (χ1v) is 10.8. The third kappa shape index (κ3) is 7.42. The Morgan fingerprint density at radius 2 is 1.89 bits per heavy atom. The van der Waals surface area contributed by atoms with Crippen LogP contribution in [0.15, 0.2) is 59.8 Å². The summed E-state index contributed by atoms with van der Waals surface area (Å²) in [6.45, 7) is 0.289. The first-order valence-electron chi connectivity index (χ1n) is 8.95. The molecule has 8 heteroatoms. The summed E-state index contributed by atoms with van der Waals surface area (Å²) in [5.74, 6) is -0.812. The Balaban J connectivity index is 1.92. The second-order valence-electron chi connectivity index (χ2n) is 6.21. The van der Waals surface area contributed by atoms with E-state index >= 15 is 0 Å². The van der Waals surface area contributed by atoms with Gasteiger partial charge in [0.1, 0.15) is 0 Å². The minimum atomic E-state index is -3.58. The third-order valence-corrected chi connectivity index (χ3v) is 5.79. The normalized spacial score (nSPS) is 12.1. The van der Waals surface area contributed by atoms with Gasteiger partial charge in [0.2, 0.25) is 10.0 Å². The maximum absolute atomic E-state index is 12.3. The Bertz CT molecular complexity index is 898. The van der Waals surface area contributed by atoms with Crippen molar-refractivity contribution in [2.45, 2.75) is 37.0 Å². The summed E-state index contributed by atoms with van der Waals surface area (Å²) in [5.41, 5.74) is 1.99. The van der Waals surface area contributed by atoms with Crippen LogP contribution in [0.2, 0.25) is 5.02 Å². The number of pyridine rings is 1. The Hall–Kier alpha value is -2.22. The van der Waals surface area contributed by atoms with E-state index in [1.54, 1.807) is 12.4 Å². The Morgan fingerprint density at radius 1 is 1.14 bits per heavy atom. The van der Waals surface area contributed by atoms with Crippen molar-refractivity contribution in [3.05, 3.63) is 65.5 Å². The average Bonchev–Trinajstić information content (AvgIpc) is 2.67. The first-order chi connectivity index (χ1) is 13.4. The predicted molar refractivity (Wildman–Crippen MR) is 110 cm³/mol. The van der Waals surface area contributed by atoms with Crippen molar-refractivity contribution in [2.75, 3.05) is 6.54 Å². The second kappa shape index (κ2) is 10.9. The van der Waals surface area contributed by atoms with Crippen LogP contribution in [-0.4, -0.2) is 31.0 Å². The average molecular weight is 423 g/mol. The van der Waals surface area contributed by atoms with E-state index in [0.29, 0.717) is 30.7 Å². The fraction of sp³-hybridized carbons (Fsp3) is 0.300. The largest absolute Gasteiger partial charge is 0.481 e. The molecule has 6 nitrogen and oxygen atoms in total. The number of aromatic nitrogens is 1. The quantitative estimate of drug-likeness (QED) is 0.530. The van der Waals surface area contributed by atoms with Crippen LogP contribution in [0.4, 0.5) is 0 Å². The number of carboxylic acids is 1. The van der Waals surface area contributed by atoms with Crippen molar-refractivity contribution in [3.8, 4) is 0 Å². The van der Waals surface area contributed by atoms with E-state index < -0.39 is 16.0 Å². The van der Waals surface area contributed by atoms with Crippen molar-refractivity contribution in [1.29, 1.82) is 0 Å². The van der Waals surface area contributed by atoms with Crippen molar-refractivity contribution in [3.63, 3.8) is 0 Å². The first kappa shape index (κ1) is 22.1. The maximum Gasteiger partial charge on any atom is 0.303 e. The summed E-state index contributed by atoms with van der Waals surface area (Å²) in [4.78, 5) is 14.9. The molecule has 0 aliphatic carbocycles. The number of carbonyl (C=O) groups is 1. The minimum absolute atomic E-state index is 0.123. The minimum Gasteiger partial charge on any atom is -0.481 e. The van der Waals surface area contributed by atoms with Gasteiger partial charge in [-0.2, -0.15) is 0 Å². The second-order valence-corrected chi connectivity index (χ2v) is 8.42. The summed E-state index contributed by atoms with van der Waals surface area (Å²) >= 11 is 5.79. The number of halogens is 1. The third-order valence-electron chi connectivity index (χ3n) is 4.06. The maximum atomic E-state index is 12.3. The molecule has 2 rings (SSSR count). The molecule has 150 valence electrons. The fourth-order valence-electron chi connectivity index (χ4n) is 2.63. The zero-order chi connectivity index (χ0) is 20.4. The summed E-state index contributed by atoms with van der Waals surface area (Å²) in [7, 11) is -3.58. The van der Waals surface area contributed by atoms with Crippen LogP contribution in [0.3, 0.4) is 0 Å². The number of nitrogens with one attached hydrogen (secondary N) is 1. The molecule has 0 bridgehead atoms. The van der Waals surface area contributed by atoms with Gasteiger partial charge in [-0.1, -0.05) is 23.7 Å². The molecule has 28 heavy (non-hydrogen) atoms. The number of carboxylic acid groups (broad SMARTS) is 1. The number of aliphatic carboxylic acids is 1. The molecule has 0 aliphatic heterocycles. The van der Waals surface area contributed by atoms with Gasteiger partial charge in [0.05, 0.1) is 4.90 Å². The van der Waals surface area contributed by atoms with Crippen molar-refractivity contribution >= 4 is 33.2 Å². The van der Waals surface area contributed by atoms with Gasteiger partial charge in [-0.15, -0.1) is 0 Å². The molecule has 1 aromatic carbocycles. The lowest BCUT2D eigenvalue weighted by atomic mass is 10.0. The molecular weight excluding hydrogens is 400 g/mol. The topological polar surface area (TPSA) is 96.4 Å². The zero-order valence-corrected chi connectivity index (χ0v) is 16.9. The molecule has 1 aromatic heterocycles. The lowest BCUT2D eigenvalue weighted by molar-refractivity contribution is -0.137.